The second-order valence-corrected chi connectivity index (χ2v) is 11.1. The van der Waals surface area contributed by atoms with Gasteiger partial charge in [0.1, 0.15) is 17.3 Å². The number of nitrogens with one attached hydrogen (secondary N) is 2. The summed E-state index contributed by atoms with van der Waals surface area (Å²) in [5.74, 6) is -0.406. The highest BCUT2D eigenvalue weighted by molar-refractivity contribution is 8.93. The number of aliphatic carboxylic acids is 1. The van der Waals surface area contributed by atoms with Crippen LogP contribution in [0.5, 0.6) is 11.5 Å². The molecular weight excluding hydrogens is 592 g/mol. The highest BCUT2D eigenvalue weighted by Crippen LogP contribution is 2.42. The predicted octanol–water partition coefficient (Wildman–Crippen LogP) is 4.41. The lowest BCUT2D eigenvalue weighted by Crippen LogP contribution is -2.31. The first-order valence-corrected chi connectivity index (χ1v) is 13.6. The van der Waals surface area contributed by atoms with Crippen LogP contribution in [0.3, 0.4) is 0 Å². The lowest BCUT2D eigenvalue weighted by Gasteiger charge is -2.29. The molecule has 1 saturated heterocycles. The molecule has 2 aromatic rings. The first kappa shape index (κ1) is 31.9. The molecule has 0 bridgehead atoms. The summed E-state index contributed by atoms with van der Waals surface area (Å²) >= 11 is 0. The Bertz CT molecular complexity index is 1350. The highest BCUT2D eigenvalue weighted by atomic mass is 79.9. The maximum atomic E-state index is 13.7. The fourth-order valence-electron chi connectivity index (χ4n) is 5.22. The lowest BCUT2D eigenvalue weighted by molar-refractivity contribution is -0.139. The van der Waals surface area contributed by atoms with E-state index in [2.05, 4.69) is 10.2 Å². The molecule has 11 heteroatoms. The van der Waals surface area contributed by atoms with Crippen molar-refractivity contribution in [2.45, 2.75) is 52.5 Å². The smallest absolute Gasteiger partial charge is 0.341 e. The van der Waals surface area contributed by atoms with E-state index in [0.29, 0.717) is 41.3 Å². The van der Waals surface area contributed by atoms with Crippen LogP contribution in [0.15, 0.2) is 24.3 Å². The maximum Gasteiger partial charge on any atom is 0.341 e. The first-order valence-electron chi connectivity index (χ1n) is 13.6. The zero-order valence-corrected chi connectivity index (χ0v) is 26.0. The van der Waals surface area contributed by atoms with Crippen LogP contribution >= 0.6 is 17.0 Å². The van der Waals surface area contributed by atoms with Crippen molar-refractivity contribution in [1.82, 2.24) is 10.2 Å². The van der Waals surface area contributed by atoms with Crippen molar-refractivity contribution < 1.29 is 29.0 Å². The number of fused-ring (bicyclic) bond motifs is 1. The van der Waals surface area contributed by atoms with E-state index in [1.165, 1.54) is 0 Å². The Labute approximate surface area is 251 Å². The van der Waals surface area contributed by atoms with Crippen molar-refractivity contribution in [3.8, 4) is 11.5 Å². The molecule has 2 aliphatic rings. The maximum absolute atomic E-state index is 13.7. The van der Waals surface area contributed by atoms with Gasteiger partial charge in [0.2, 0.25) is 0 Å². The number of carboxylic acids is 1. The van der Waals surface area contributed by atoms with Gasteiger partial charge in [0.15, 0.2) is 12.4 Å². The number of hydrogen-bond donors (Lipinski definition) is 3. The van der Waals surface area contributed by atoms with Gasteiger partial charge in [0, 0.05) is 43.4 Å². The third kappa shape index (κ3) is 6.83. The van der Waals surface area contributed by atoms with E-state index >= 15 is 0 Å². The largest absolute Gasteiger partial charge is 0.493 e. The van der Waals surface area contributed by atoms with Gasteiger partial charge < -0.3 is 29.7 Å². The van der Waals surface area contributed by atoms with Gasteiger partial charge in [-0.25, -0.2) is 4.79 Å². The van der Waals surface area contributed by atoms with Crippen LogP contribution in [0.25, 0.3) is 0 Å². The normalized spacial score (nSPS) is 14.4. The number of amides is 1. The molecule has 2 aliphatic heterocycles. The van der Waals surface area contributed by atoms with Crippen molar-refractivity contribution >= 4 is 46.2 Å². The van der Waals surface area contributed by atoms with Crippen molar-refractivity contribution in [3.05, 3.63) is 52.1 Å². The summed E-state index contributed by atoms with van der Waals surface area (Å²) < 4.78 is 11.5. The quantitative estimate of drug-likeness (QED) is 0.329. The van der Waals surface area contributed by atoms with Gasteiger partial charge in [-0.1, -0.05) is 20.8 Å². The molecule has 1 amide bonds. The number of carbonyl (C=O) groups excluding carboxylic acids is 2. The molecule has 0 aromatic heterocycles. The molecule has 0 spiro atoms. The van der Waals surface area contributed by atoms with Crippen LogP contribution in [-0.4, -0.2) is 73.4 Å². The topological polar surface area (TPSA) is 132 Å². The number of rotatable bonds is 10. The molecule has 1 fully saturated rings. The van der Waals surface area contributed by atoms with Gasteiger partial charge in [0.25, 0.3) is 5.91 Å². The molecule has 4 rings (SSSR count). The Morgan fingerprint density at radius 2 is 1.76 bits per heavy atom. The average Bonchev–Trinajstić information content (AvgIpc) is 3.54. The van der Waals surface area contributed by atoms with Gasteiger partial charge in [0.05, 0.1) is 24.4 Å². The third-order valence-electron chi connectivity index (χ3n) is 7.23. The van der Waals surface area contributed by atoms with E-state index in [-0.39, 0.29) is 41.1 Å². The number of halogens is 1. The second kappa shape index (κ2) is 12.9. The van der Waals surface area contributed by atoms with Crippen LogP contribution in [0.4, 0.5) is 5.69 Å². The standard InChI is InChI=1S/C30H38N4O6.BrH/c1-6-39-25-13-19-15-34(28(31)20(19)14-21(25)29(38)32-5)16-24(35)18-11-22(30(2,3)4)27(40-17-26(36)37)23(12-18)33-9-7-8-10-33;/h11-14,31H,6-10,15-17H2,1-5H3,(H,32,38)(H,36,37);1H. The molecule has 10 nitrogen and oxygen atoms in total. The lowest BCUT2D eigenvalue weighted by atomic mass is 9.84. The van der Waals surface area contributed by atoms with Gasteiger partial charge in [-0.05, 0) is 55.0 Å². The number of amidine groups is 1. The minimum Gasteiger partial charge on any atom is -0.493 e. The Hall–Kier alpha value is -3.60. The zero-order valence-electron chi connectivity index (χ0n) is 24.3. The fourth-order valence-corrected chi connectivity index (χ4v) is 5.22. The average molecular weight is 632 g/mol. The number of carboxylic acid groups (broad SMARTS) is 1. The molecule has 0 atom stereocenters. The number of anilines is 1. The summed E-state index contributed by atoms with van der Waals surface area (Å²) in [6.07, 6.45) is 2.01. The van der Waals surface area contributed by atoms with Crippen molar-refractivity contribution in [2.24, 2.45) is 0 Å². The van der Waals surface area contributed by atoms with Gasteiger partial charge in [-0.3, -0.25) is 15.0 Å². The molecule has 0 saturated carbocycles. The number of ketones is 1. The van der Waals surface area contributed by atoms with Gasteiger partial charge in [-0.15, -0.1) is 17.0 Å². The number of Topliss-reactive ketones (excluding diaryl/α,β-unsaturated/α-hetero) is 1. The minimum absolute atomic E-state index is 0. The second-order valence-electron chi connectivity index (χ2n) is 11.1. The van der Waals surface area contributed by atoms with E-state index in [4.69, 9.17) is 14.9 Å². The number of carbonyl (C=O) groups is 3. The van der Waals surface area contributed by atoms with E-state index in [1.807, 2.05) is 27.7 Å². The van der Waals surface area contributed by atoms with Crippen LogP contribution in [0.2, 0.25) is 0 Å². The summed E-state index contributed by atoms with van der Waals surface area (Å²) in [6.45, 7) is 9.70. The van der Waals surface area contributed by atoms with E-state index in [9.17, 15) is 19.5 Å². The Morgan fingerprint density at radius 3 is 2.34 bits per heavy atom. The summed E-state index contributed by atoms with van der Waals surface area (Å²) in [5, 5.41) is 20.7. The summed E-state index contributed by atoms with van der Waals surface area (Å²) in [7, 11) is 1.54. The molecule has 2 aromatic carbocycles. The van der Waals surface area contributed by atoms with Crippen LogP contribution in [0.1, 0.15) is 77.9 Å². The van der Waals surface area contributed by atoms with E-state index in [1.54, 1.807) is 36.2 Å². The SMILES string of the molecule is Br.CCOc1cc2c(cc1C(=O)NC)C(=N)N(CC(=O)c1cc(N3CCCC3)c(OCC(=O)O)c(C(C)(C)C)c1)C2. The highest BCUT2D eigenvalue weighted by Gasteiger charge is 2.32. The minimum atomic E-state index is -1.06. The molecule has 2 heterocycles. The number of hydrogen-bond acceptors (Lipinski definition) is 7. The van der Waals surface area contributed by atoms with E-state index < -0.39 is 18.0 Å². The Kier molecular flexibility index (Phi) is 10.1. The van der Waals surface area contributed by atoms with Crippen molar-refractivity contribution in [2.75, 3.05) is 44.8 Å². The summed E-state index contributed by atoms with van der Waals surface area (Å²) in [5.41, 5.74) is 3.33. The number of benzene rings is 2. The molecule has 41 heavy (non-hydrogen) atoms. The Balaban J connectivity index is 0.00000462. The van der Waals surface area contributed by atoms with Crippen LogP contribution < -0.4 is 19.7 Å². The Morgan fingerprint density at radius 1 is 1.07 bits per heavy atom. The van der Waals surface area contributed by atoms with E-state index in [0.717, 1.165) is 42.7 Å². The number of nitrogens with zero attached hydrogens (tertiary/aromatic N) is 2. The molecule has 222 valence electrons. The molecule has 0 aliphatic carbocycles. The number of ether oxygens (including phenoxy) is 2. The zero-order chi connectivity index (χ0) is 29.2. The van der Waals surface area contributed by atoms with Gasteiger partial charge >= 0.3 is 5.97 Å². The monoisotopic (exact) mass is 630 g/mol. The molecule has 3 N–H and O–H groups in total. The third-order valence-corrected chi connectivity index (χ3v) is 7.23. The van der Waals surface area contributed by atoms with Gasteiger partial charge in [-0.2, -0.15) is 0 Å². The van der Waals surface area contributed by atoms with Crippen molar-refractivity contribution in [1.29, 1.82) is 5.41 Å². The predicted molar refractivity (Wildman–Crippen MR) is 163 cm³/mol. The molecular formula is C30H39BrN4O6. The summed E-state index contributed by atoms with van der Waals surface area (Å²) in [4.78, 5) is 41.4. The summed E-state index contributed by atoms with van der Waals surface area (Å²) in [6, 6.07) is 7.02. The fraction of sp³-hybridized carbons (Fsp3) is 0.467. The van der Waals surface area contributed by atoms with Crippen molar-refractivity contribution in [3.63, 3.8) is 0 Å². The molecule has 0 unspecified atom stereocenters. The van der Waals surface area contributed by atoms with Crippen LogP contribution in [0, 0.1) is 5.41 Å². The molecule has 0 radical (unpaired) electrons. The first-order chi connectivity index (χ1) is 18.9. The van der Waals surface area contributed by atoms with Crippen LogP contribution in [-0.2, 0) is 16.8 Å².